The fourth-order valence-corrected chi connectivity index (χ4v) is 1.47. The van der Waals surface area contributed by atoms with E-state index >= 15 is 0 Å². The lowest BCUT2D eigenvalue weighted by Gasteiger charge is -2.04. The third-order valence-corrected chi connectivity index (χ3v) is 2.52. The van der Waals surface area contributed by atoms with Crippen LogP contribution in [-0.2, 0) is 0 Å². The zero-order valence-corrected chi connectivity index (χ0v) is 10.5. The van der Waals surface area contributed by atoms with Gasteiger partial charge in [0.15, 0.2) is 0 Å². The number of benzene rings is 1. The van der Waals surface area contributed by atoms with E-state index < -0.39 is 0 Å². The Morgan fingerprint density at radius 3 is 1.94 bits per heavy atom. The zero-order chi connectivity index (χ0) is 12.0. The molecule has 0 unspecified atom stereocenters. The number of pyridine rings is 1. The Balaban J connectivity index is 0.000000606. The maximum Gasteiger partial charge on any atom is 0.0273 e. The van der Waals surface area contributed by atoms with Crippen LogP contribution in [0.4, 0.5) is 0 Å². The Kier molecular flexibility index (Phi) is 4.71. The quantitative estimate of drug-likeness (QED) is 0.684. The van der Waals surface area contributed by atoms with E-state index in [1.807, 2.05) is 38.4 Å². The molecular formula is C15H19N. The molecule has 0 spiro atoms. The summed E-state index contributed by atoms with van der Waals surface area (Å²) in [5.74, 6) is 0. The van der Waals surface area contributed by atoms with Crippen LogP contribution in [0.2, 0.25) is 0 Å². The lowest BCUT2D eigenvalue weighted by molar-refractivity contribution is 1.31. The standard InChI is InChI=1S/C13H13N.C2H6/c1-10-3-4-13(9-11(10)2)12-5-7-14-8-6-12;1-2/h3-9H,1-2H3;1-2H3. The van der Waals surface area contributed by atoms with E-state index in [0.29, 0.717) is 0 Å². The molecule has 0 amide bonds. The Morgan fingerprint density at radius 2 is 1.38 bits per heavy atom. The van der Waals surface area contributed by atoms with E-state index in [0.717, 1.165) is 0 Å². The molecule has 16 heavy (non-hydrogen) atoms. The Bertz CT molecular complexity index is 432. The molecule has 1 nitrogen and oxygen atoms in total. The summed E-state index contributed by atoms with van der Waals surface area (Å²) in [6.07, 6.45) is 3.65. The average Bonchev–Trinajstić information content (AvgIpc) is 2.36. The minimum absolute atomic E-state index is 1.23. The van der Waals surface area contributed by atoms with Gasteiger partial charge >= 0.3 is 0 Å². The molecule has 1 heterocycles. The minimum Gasteiger partial charge on any atom is -0.265 e. The summed E-state index contributed by atoms with van der Waals surface area (Å²) in [5.41, 5.74) is 5.15. The molecule has 0 N–H and O–H groups in total. The predicted molar refractivity (Wildman–Crippen MR) is 70.5 cm³/mol. The molecule has 2 rings (SSSR count). The summed E-state index contributed by atoms with van der Waals surface area (Å²) >= 11 is 0. The van der Waals surface area contributed by atoms with Crippen LogP contribution >= 0.6 is 0 Å². The van der Waals surface area contributed by atoms with E-state index in [1.165, 1.54) is 22.3 Å². The second kappa shape index (κ2) is 6.06. The van der Waals surface area contributed by atoms with Crippen molar-refractivity contribution < 1.29 is 0 Å². The van der Waals surface area contributed by atoms with E-state index in [-0.39, 0.29) is 0 Å². The lowest BCUT2D eigenvalue weighted by Crippen LogP contribution is -1.83. The number of aromatic nitrogens is 1. The third kappa shape index (κ3) is 2.93. The van der Waals surface area contributed by atoms with Crippen LogP contribution in [0, 0.1) is 13.8 Å². The van der Waals surface area contributed by atoms with Crippen LogP contribution < -0.4 is 0 Å². The fourth-order valence-electron chi connectivity index (χ4n) is 1.47. The highest BCUT2D eigenvalue weighted by molar-refractivity contribution is 5.64. The minimum atomic E-state index is 1.23. The molecule has 1 aromatic carbocycles. The summed E-state index contributed by atoms with van der Waals surface area (Å²) in [6, 6.07) is 10.6. The molecule has 0 aliphatic carbocycles. The Labute approximate surface area is 98.2 Å². The topological polar surface area (TPSA) is 12.9 Å². The largest absolute Gasteiger partial charge is 0.265 e. The van der Waals surface area contributed by atoms with Crippen LogP contribution in [-0.4, -0.2) is 4.98 Å². The summed E-state index contributed by atoms with van der Waals surface area (Å²) in [5, 5.41) is 0. The van der Waals surface area contributed by atoms with Crippen LogP contribution in [0.1, 0.15) is 25.0 Å². The molecule has 0 aliphatic heterocycles. The molecule has 1 aromatic heterocycles. The fraction of sp³-hybridized carbons (Fsp3) is 0.267. The van der Waals surface area contributed by atoms with Gasteiger partial charge in [-0.3, -0.25) is 4.98 Å². The second-order valence-corrected chi connectivity index (χ2v) is 3.53. The molecule has 84 valence electrons. The highest BCUT2D eigenvalue weighted by Gasteiger charge is 1.98. The molecule has 1 heteroatoms. The van der Waals surface area contributed by atoms with Gasteiger partial charge in [0.05, 0.1) is 0 Å². The van der Waals surface area contributed by atoms with Gasteiger partial charge in [-0.05, 0) is 48.2 Å². The summed E-state index contributed by atoms with van der Waals surface area (Å²) < 4.78 is 0. The van der Waals surface area contributed by atoms with Gasteiger partial charge in [0, 0.05) is 12.4 Å². The molecule has 0 radical (unpaired) electrons. The van der Waals surface area contributed by atoms with Crippen LogP contribution in [0.25, 0.3) is 11.1 Å². The van der Waals surface area contributed by atoms with Crippen molar-refractivity contribution in [1.29, 1.82) is 0 Å². The maximum atomic E-state index is 4.01. The predicted octanol–water partition coefficient (Wildman–Crippen LogP) is 4.39. The normalized spacial score (nSPS) is 9.25. The summed E-state index contributed by atoms with van der Waals surface area (Å²) in [6.45, 7) is 8.27. The monoisotopic (exact) mass is 213 g/mol. The van der Waals surface area contributed by atoms with Gasteiger partial charge in [-0.15, -0.1) is 0 Å². The van der Waals surface area contributed by atoms with E-state index in [1.54, 1.807) is 0 Å². The van der Waals surface area contributed by atoms with E-state index in [4.69, 9.17) is 0 Å². The van der Waals surface area contributed by atoms with E-state index in [9.17, 15) is 0 Å². The van der Waals surface area contributed by atoms with Gasteiger partial charge < -0.3 is 0 Å². The molecular weight excluding hydrogens is 194 g/mol. The first-order valence-corrected chi connectivity index (χ1v) is 5.75. The summed E-state index contributed by atoms with van der Waals surface area (Å²) in [7, 11) is 0. The van der Waals surface area contributed by atoms with Gasteiger partial charge in [0.2, 0.25) is 0 Å². The van der Waals surface area contributed by atoms with Crippen molar-refractivity contribution in [3.8, 4) is 11.1 Å². The van der Waals surface area contributed by atoms with Crippen LogP contribution in [0.15, 0.2) is 42.7 Å². The number of hydrogen-bond donors (Lipinski definition) is 0. The molecule has 0 fully saturated rings. The highest BCUT2D eigenvalue weighted by Crippen LogP contribution is 2.20. The van der Waals surface area contributed by atoms with Crippen molar-refractivity contribution in [2.45, 2.75) is 27.7 Å². The molecule has 0 saturated carbocycles. The van der Waals surface area contributed by atoms with Gasteiger partial charge in [0.1, 0.15) is 0 Å². The Hall–Kier alpha value is -1.63. The van der Waals surface area contributed by atoms with Crippen LogP contribution in [0.3, 0.4) is 0 Å². The van der Waals surface area contributed by atoms with Gasteiger partial charge in [-0.1, -0.05) is 32.0 Å². The molecule has 0 saturated heterocycles. The van der Waals surface area contributed by atoms with Gasteiger partial charge in [-0.2, -0.15) is 0 Å². The molecule has 0 atom stereocenters. The number of nitrogens with zero attached hydrogens (tertiary/aromatic N) is 1. The SMILES string of the molecule is CC.Cc1ccc(-c2ccncc2)cc1C. The van der Waals surface area contributed by atoms with Crippen molar-refractivity contribution in [3.05, 3.63) is 53.9 Å². The first-order chi connectivity index (χ1) is 7.77. The molecule has 0 aliphatic rings. The molecule has 2 aromatic rings. The highest BCUT2D eigenvalue weighted by atomic mass is 14.6. The number of hydrogen-bond acceptors (Lipinski definition) is 1. The first kappa shape index (κ1) is 12.4. The van der Waals surface area contributed by atoms with Gasteiger partial charge in [-0.25, -0.2) is 0 Å². The first-order valence-electron chi connectivity index (χ1n) is 5.75. The lowest BCUT2D eigenvalue weighted by atomic mass is 10.0. The van der Waals surface area contributed by atoms with Crippen molar-refractivity contribution in [3.63, 3.8) is 0 Å². The third-order valence-electron chi connectivity index (χ3n) is 2.52. The average molecular weight is 213 g/mol. The number of rotatable bonds is 1. The van der Waals surface area contributed by atoms with E-state index in [2.05, 4.69) is 37.0 Å². The summed E-state index contributed by atoms with van der Waals surface area (Å²) in [4.78, 5) is 4.01. The zero-order valence-electron chi connectivity index (χ0n) is 10.5. The van der Waals surface area contributed by atoms with Crippen molar-refractivity contribution in [1.82, 2.24) is 4.98 Å². The van der Waals surface area contributed by atoms with Crippen molar-refractivity contribution in [2.24, 2.45) is 0 Å². The number of aryl methyl sites for hydroxylation is 2. The van der Waals surface area contributed by atoms with Gasteiger partial charge in [0.25, 0.3) is 0 Å². The van der Waals surface area contributed by atoms with Crippen molar-refractivity contribution in [2.75, 3.05) is 0 Å². The second-order valence-electron chi connectivity index (χ2n) is 3.53. The molecule has 0 bridgehead atoms. The maximum absolute atomic E-state index is 4.01. The smallest absolute Gasteiger partial charge is 0.0273 e. The Morgan fingerprint density at radius 1 is 0.750 bits per heavy atom. The van der Waals surface area contributed by atoms with Crippen LogP contribution in [0.5, 0.6) is 0 Å². The van der Waals surface area contributed by atoms with Crippen molar-refractivity contribution >= 4 is 0 Å².